The minimum absolute atomic E-state index is 0.238. The first kappa shape index (κ1) is 13.6. The minimum Gasteiger partial charge on any atom is -0.380 e. The highest BCUT2D eigenvalue weighted by molar-refractivity contribution is 9.10. The van der Waals surface area contributed by atoms with E-state index in [1.54, 1.807) is 19.2 Å². The van der Waals surface area contributed by atoms with E-state index in [1.165, 1.54) is 0 Å². The molecule has 0 bridgehead atoms. The van der Waals surface area contributed by atoms with Gasteiger partial charge in [-0.1, -0.05) is 6.07 Å². The second kappa shape index (κ2) is 5.25. The van der Waals surface area contributed by atoms with Gasteiger partial charge in [0, 0.05) is 12.6 Å². The molecule has 0 unspecified atom stereocenters. The number of hydrogen-bond donors (Lipinski definition) is 1. The number of ether oxygens (including phenoxy) is 1. The molecule has 0 fully saturated rings. The Labute approximate surface area is 104 Å². The molecule has 0 spiro atoms. The van der Waals surface area contributed by atoms with Gasteiger partial charge in [-0.05, 0) is 53.4 Å². The maximum absolute atomic E-state index is 13.8. The van der Waals surface area contributed by atoms with Crippen molar-refractivity contribution in [3.63, 3.8) is 0 Å². The molecule has 0 aliphatic rings. The van der Waals surface area contributed by atoms with Crippen molar-refractivity contribution in [2.24, 2.45) is 5.73 Å². The van der Waals surface area contributed by atoms with Crippen LogP contribution >= 0.6 is 15.9 Å². The van der Waals surface area contributed by atoms with Crippen LogP contribution in [0.25, 0.3) is 0 Å². The maximum atomic E-state index is 13.8. The fourth-order valence-corrected chi connectivity index (χ4v) is 2.13. The lowest BCUT2D eigenvalue weighted by atomic mass is 9.95. The van der Waals surface area contributed by atoms with Gasteiger partial charge in [0.2, 0.25) is 0 Å². The lowest BCUT2D eigenvalue weighted by molar-refractivity contribution is 0.184. The summed E-state index contributed by atoms with van der Waals surface area (Å²) >= 11 is 3.20. The van der Waals surface area contributed by atoms with Crippen molar-refractivity contribution in [3.8, 4) is 0 Å². The largest absolute Gasteiger partial charge is 0.380 e. The number of nitrogens with two attached hydrogens (primary N) is 1. The molecular weight excluding hydrogens is 273 g/mol. The summed E-state index contributed by atoms with van der Waals surface area (Å²) in [5, 5.41) is 0. The summed E-state index contributed by atoms with van der Waals surface area (Å²) < 4.78 is 19.3. The van der Waals surface area contributed by atoms with Crippen molar-refractivity contribution in [3.05, 3.63) is 33.5 Å². The Morgan fingerprint density at radius 2 is 2.06 bits per heavy atom. The van der Waals surface area contributed by atoms with Gasteiger partial charge in [0.05, 0.1) is 11.1 Å². The molecule has 0 atom stereocenters. The summed E-state index contributed by atoms with van der Waals surface area (Å²) in [6.45, 7) is 4.23. The van der Waals surface area contributed by atoms with E-state index < -0.39 is 5.54 Å². The van der Waals surface area contributed by atoms with Gasteiger partial charge >= 0.3 is 0 Å². The second-order valence-corrected chi connectivity index (χ2v) is 5.50. The molecule has 0 heterocycles. The fourth-order valence-electron chi connectivity index (χ4n) is 1.58. The predicted molar refractivity (Wildman–Crippen MR) is 66.8 cm³/mol. The normalized spacial score (nSPS) is 11.9. The third kappa shape index (κ3) is 3.85. The molecule has 1 aromatic carbocycles. The van der Waals surface area contributed by atoms with Gasteiger partial charge in [0.1, 0.15) is 5.82 Å². The summed E-state index contributed by atoms with van der Waals surface area (Å²) in [4.78, 5) is 0. The monoisotopic (exact) mass is 289 g/mol. The first-order chi connectivity index (χ1) is 7.33. The van der Waals surface area contributed by atoms with Gasteiger partial charge < -0.3 is 10.5 Å². The van der Waals surface area contributed by atoms with Crippen molar-refractivity contribution in [1.29, 1.82) is 0 Å². The molecule has 0 aliphatic heterocycles. The molecule has 1 aromatic rings. The van der Waals surface area contributed by atoms with E-state index in [-0.39, 0.29) is 5.82 Å². The van der Waals surface area contributed by atoms with Gasteiger partial charge in [0.15, 0.2) is 0 Å². The lowest BCUT2D eigenvalue weighted by Gasteiger charge is -2.19. The smallest absolute Gasteiger partial charge is 0.140 e. The third-order valence-electron chi connectivity index (χ3n) is 2.12. The van der Waals surface area contributed by atoms with E-state index in [2.05, 4.69) is 15.9 Å². The lowest BCUT2D eigenvalue weighted by Crippen LogP contribution is -2.34. The average molecular weight is 290 g/mol. The number of hydrogen-bond acceptors (Lipinski definition) is 2. The van der Waals surface area contributed by atoms with Gasteiger partial charge in [-0.15, -0.1) is 0 Å². The number of benzene rings is 1. The quantitative estimate of drug-likeness (QED) is 0.925. The summed E-state index contributed by atoms with van der Waals surface area (Å²) in [7, 11) is 1.61. The topological polar surface area (TPSA) is 35.2 Å². The summed E-state index contributed by atoms with van der Waals surface area (Å²) in [5.41, 5.74) is 7.03. The first-order valence-corrected chi connectivity index (χ1v) is 5.87. The Morgan fingerprint density at radius 3 is 2.56 bits per heavy atom. The zero-order valence-corrected chi connectivity index (χ0v) is 11.4. The molecule has 4 heteroatoms. The predicted octanol–water partition coefficient (Wildman–Crippen LogP) is 3.01. The van der Waals surface area contributed by atoms with E-state index >= 15 is 0 Å². The molecule has 90 valence electrons. The van der Waals surface area contributed by atoms with E-state index in [0.717, 1.165) is 5.56 Å². The Morgan fingerprint density at radius 1 is 1.44 bits per heavy atom. The fraction of sp³-hybridized carbons (Fsp3) is 0.500. The summed E-state index contributed by atoms with van der Waals surface area (Å²) in [6.07, 6.45) is 0.495. The van der Waals surface area contributed by atoms with Crippen LogP contribution in [-0.2, 0) is 17.8 Å². The van der Waals surface area contributed by atoms with E-state index in [1.807, 2.05) is 13.8 Å². The molecule has 0 saturated heterocycles. The van der Waals surface area contributed by atoms with E-state index in [0.29, 0.717) is 23.1 Å². The highest BCUT2D eigenvalue weighted by Gasteiger charge is 2.17. The molecule has 0 aromatic heterocycles. The first-order valence-electron chi connectivity index (χ1n) is 5.08. The van der Waals surface area contributed by atoms with E-state index in [4.69, 9.17) is 10.5 Å². The van der Waals surface area contributed by atoms with Crippen LogP contribution in [0.2, 0.25) is 0 Å². The number of methoxy groups -OCH3 is 1. The second-order valence-electron chi connectivity index (χ2n) is 4.65. The van der Waals surface area contributed by atoms with Crippen molar-refractivity contribution in [2.75, 3.05) is 7.11 Å². The molecule has 16 heavy (non-hydrogen) atoms. The standard InChI is InChI=1S/C12H17BrFNO/c1-12(2,15)6-9-4-8(7-16-3)5-10(13)11(9)14/h4-5H,6-7,15H2,1-3H3. The van der Waals surface area contributed by atoms with Crippen LogP contribution in [0.15, 0.2) is 16.6 Å². The highest BCUT2D eigenvalue weighted by Crippen LogP contribution is 2.24. The number of halogens is 2. The van der Waals surface area contributed by atoms with Crippen LogP contribution < -0.4 is 5.73 Å². The van der Waals surface area contributed by atoms with Crippen molar-refractivity contribution in [2.45, 2.75) is 32.4 Å². The van der Waals surface area contributed by atoms with Gasteiger partial charge in [-0.3, -0.25) is 0 Å². The molecular formula is C12H17BrFNO. The van der Waals surface area contributed by atoms with Gasteiger partial charge in [-0.25, -0.2) is 4.39 Å². The summed E-state index contributed by atoms with van der Waals surface area (Å²) in [6, 6.07) is 3.53. The SMILES string of the molecule is COCc1cc(Br)c(F)c(CC(C)(C)N)c1. The molecule has 0 radical (unpaired) electrons. The van der Waals surface area contributed by atoms with Crippen LogP contribution in [0.3, 0.4) is 0 Å². The Kier molecular flexibility index (Phi) is 4.47. The summed E-state index contributed by atoms with van der Waals surface area (Å²) in [5.74, 6) is -0.238. The Bertz CT molecular complexity index is 374. The molecule has 0 amide bonds. The van der Waals surface area contributed by atoms with Crippen LogP contribution in [0.1, 0.15) is 25.0 Å². The van der Waals surface area contributed by atoms with Crippen LogP contribution in [-0.4, -0.2) is 12.6 Å². The molecule has 2 N–H and O–H groups in total. The Balaban J connectivity index is 3.06. The van der Waals surface area contributed by atoms with Crippen LogP contribution in [0.4, 0.5) is 4.39 Å². The Hall–Kier alpha value is -0.450. The van der Waals surface area contributed by atoms with Crippen LogP contribution in [0, 0.1) is 5.82 Å². The van der Waals surface area contributed by atoms with Gasteiger partial charge in [0.25, 0.3) is 0 Å². The van der Waals surface area contributed by atoms with Crippen molar-refractivity contribution < 1.29 is 9.13 Å². The van der Waals surface area contributed by atoms with Crippen molar-refractivity contribution >= 4 is 15.9 Å². The zero-order chi connectivity index (χ0) is 12.3. The molecule has 0 saturated carbocycles. The zero-order valence-electron chi connectivity index (χ0n) is 9.81. The molecule has 0 aliphatic carbocycles. The average Bonchev–Trinajstić information content (AvgIpc) is 2.11. The maximum Gasteiger partial charge on any atom is 0.140 e. The third-order valence-corrected chi connectivity index (χ3v) is 2.70. The van der Waals surface area contributed by atoms with E-state index in [9.17, 15) is 4.39 Å². The highest BCUT2D eigenvalue weighted by atomic mass is 79.9. The minimum atomic E-state index is -0.425. The number of rotatable bonds is 4. The molecule has 1 rings (SSSR count). The van der Waals surface area contributed by atoms with Gasteiger partial charge in [-0.2, -0.15) is 0 Å². The van der Waals surface area contributed by atoms with Crippen LogP contribution in [0.5, 0.6) is 0 Å². The molecule has 2 nitrogen and oxygen atoms in total. The van der Waals surface area contributed by atoms with Crippen molar-refractivity contribution in [1.82, 2.24) is 0 Å².